The number of nitrogens with one attached hydrogen (secondary N) is 1. The summed E-state index contributed by atoms with van der Waals surface area (Å²) < 4.78 is 27.9. The van der Waals surface area contributed by atoms with Gasteiger partial charge in [0.2, 0.25) is 5.95 Å². The molecule has 0 aliphatic heterocycles. The summed E-state index contributed by atoms with van der Waals surface area (Å²) in [6, 6.07) is 1.11. The van der Waals surface area contributed by atoms with Gasteiger partial charge in [0.05, 0.1) is 12.1 Å². The molecule has 8 heteroatoms. The molecular weight excluding hydrogens is 256 g/mol. The Bertz CT molecular complexity index is 599. The van der Waals surface area contributed by atoms with Gasteiger partial charge in [0.15, 0.2) is 11.6 Å². The molecule has 0 fully saturated rings. The lowest BCUT2D eigenvalue weighted by atomic mass is 10.2. The van der Waals surface area contributed by atoms with Gasteiger partial charge in [0, 0.05) is 12.7 Å². The van der Waals surface area contributed by atoms with Crippen LogP contribution in [0.3, 0.4) is 0 Å². The van der Waals surface area contributed by atoms with Gasteiger partial charge in [-0.2, -0.15) is 4.39 Å². The second kappa shape index (κ2) is 5.51. The van der Waals surface area contributed by atoms with Crippen LogP contribution in [-0.4, -0.2) is 25.7 Å². The Morgan fingerprint density at radius 2 is 2.26 bits per heavy atom. The van der Waals surface area contributed by atoms with Crippen molar-refractivity contribution in [1.82, 2.24) is 25.1 Å². The summed E-state index contributed by atoms with van der Waals surface area (Å²) in [4.78, 5) is 14.8. The second-order valence-corrected chi connectivity index (χ2v) is 3.68. The Balaban J connectivity index is 2.08. The fraction of sp³-hybridized carbons (Fsp3) is 0.273. The van der Waals surface area contributed by atoms with E-state index < -0.39 is 23.2 Å². The molecule has 2 heterocycles. The third kappa shape index (κ3) is 2.72. The molecular formula is C11H11F2N5O. The summed E-state index contributed by atoms with van der Waals surface area (Å²) in [6.45, 7) is 2.62. The fourth-order valence-electron chi connectivity index (χ4n) is 1.53. The van der Waals surface area contributed by atoms with Crippen LogP contribution in [0, 0.1) is 11.8 Å². The van der Waals surface area contributed by atoms with Crippen LogP contribution in [0.1, 0.15) is 23.1 Å². The molecule has 100 valence electrons. The van der Waals surface area contributed by atoms with E-state index in [4.69, 9.17) is 0 Å². The lowest BCUT2D eigenvalue weighted by Crippen LogP contribution is -2.26. The SMILES string of the molecule is CCn1cnnc1CNC(=O)c1ccnc(F)c1F. The zero-order valence-electron chi connectivity index (χ0n) is 10.1. The maximum Gasteiger partial charge on any atom is 0.254 e. The fourth-order valence-corrected chi connectivity index (χ4v) is 1.53. The first-order valence-corrected chi connectivity index (χ1v) is 5.58. The van der Waals surface area contributed by atoms with Crippen LogP contribution in [0.5, 0.6) is 0 Å². The van der Waals surface area contributed by atoms with Crippen LogP contribution in [0.4, 0.5) is 8.78 Å². The van der Waals surface area contributed by atoms with E-state index in [9.17, 15) is 13.6 Å². The van der Waals surface area contributed by atoms with E-state index in [0.29, 0.717) is 12.4 Å². The highest BCUT2D eigenvalue weighted by molar-refractivity contribution is 5.94. The first kappa shape index (κ1) is 13.1. The summed E-state index contributed by atoms with van der Waals surface area (Å²) in [7, 11) is 0. The number of pyridine rings is 1. The van der Waals surface area contributed by atoms with Crippen molar-refractivity contribution in [1.29, 1.82) is 0 Å². The Labute approximate surface area is 107 Å². The van der Waals surface area contributed by atoms with Crippen LogP contribution < -0.4 is 5.32 Å². The molecule has 0 saturated carbocycles. The van der Waals surface area contributed by atoms with Crippen molar-refractivity contribution in [3.63, 3.8) is 0 Å². The van der Waals surface area contributed by atoms with Gasteiger partial charge in [-0.25, -0.2) is 9.37 Å². The Morgan fingerprint density at radius 1 is 1.47 bits per heavy atom. The molecule has 0 atom stereocenters. The summed E-state index contributed by atoms with van der Waals surface area (Å²) in [5.41, 5.74) is -0.393. The van der Waals surface area contributed by atoms with E-state index in [1.54, 1.807) is 4.57 Å². The van der Waals surface area contributed by atoms with Crippen molar-refractivity contribution >= 4 is 5.91 Å². The maximum atomic E-state index is 13.3. The average molecular weight is 267 g/mol. The van der Waals surface area contributed by atoms with Gasteiger partial charge in [-0.15, -0.1) is 10.2 Å². The van der Waals surface area contributed by atoms with Crippen LogP contribution in [-0.2, 0) is 13.1 Å². The van der Waals surface area contributed by atoms with Crippen molar-refractivity contribution in [3.05, 3.63) is 41.7 Å². The number of amides is 1. The smallest absolute Gasteiger partial charge is 0.254 e. The van der Waals surface area contributed by atoms with Crippen molar-refractivity contribution in [2.75, 3.05) is 0 Å². The van der Waals surface area contributed by atoms with Crippen molar-refractivity contribution in [3.8, 4) is 0 Å². The molecule has 2 aromatic heterocycles. The van der Waals surface area contributed by atoms with Crippen molar-refractivity contribution < 1.29 is 13.6 Å². The monoisotopic (exact) mass is 267 g/mol. The number of carbonyl (C=O) groups is 1. The summed E-state index contributed by atoms with van der Waals surface area (Å²) in [6.07, 6.45) is 2.55. The largest absolute Gasteiger partial charge is 0.345 e. The minimum atomic E-state index is -1.30. The number of nitrogens with zero attached hydrogens (tertiary/aromatic N) is 4. The van der Waals surface area contributed by atoms with Gasteiger partial charge in [-0.05, 0) is 13.0 Å². The molecule has 6 nitrogen and oxygen atoms in total. The van der Waals surface area contributed by atoms with Gasteiger partial charge >= 0.3 is 0 Å². The summed E-state index contributed by atoms with van der Waals surface area (Å²) >= 11 is 0. The molecule has 0 bridgehead atoms. The van der Waals surface area contributed by atoms with E-state index in [2.05, 4.69) is 20.5 Å². The Kier molecular flexibility index (Phi) is 3.79. The third-order valence-electron chi connectivity index (χ3n) is 2.53. The first-order chi connectivity index (χ1) is 9.13. The molecule has 19 heavy (non-hydrogen) atoms. The van der Waals surface area contributed by atoms with Crippen LogP contribution in [0.25, 0.3) is 0 Å². The molecule has 0 aliphatic rings. The third-order valence-corrected chi connectivity index (χ3v) is 2.53. The standard InChI is InChI=1S/C11H11F2N5O/c1-2-18-6-16-17-8(18)5-15-11(19)7-3-4-14-10(13)9(7)12/h3-4,6H,2,5H2,1H3,(H,15,19). The molecule has 0 saturated heterocycles. The van der Waals surface area contributed by atoms with Crippen molar-refractivity contribution in [2.45, 2.75) is 20.0 Å². The van der Waals surface area contributed by atoms with Gasteiger partial charge < -0.3 is 9.88 Å². The number of hydrogen-bond acceptors (Lipinski definition) is 4. The zero-order chi connectivity index (χ0) is 13.8. The highest BCUT2D eigenvalue weighted by Crippen LogP contribution is 2.08. The molecule has 0 aromatic carbocycles. The van der Waals surface area contributed by atoms with E-state index in [1.165, 1.54) is 6.33 Å². The van der Waals surface area contributed by atoms with E-state index in [1.807, 2.05) is 6.92 Å². The Morgan fingerprint density at radius 3 is 3.00 bits per heavy atom. The second-order valence-electron chi connectivity index (χ2n) is 3.68. The maximum absolute atomic E-state index is 13.3. The van der Waals surface area contributed by atoms with E-state index in [0.717, 1.165) is 12.3 Å². The minimum Gasteiger partial charge on any atom is -0.345 e. The molecule has 2 aromatic rings. The van der Waals surface area contributed by atoms with Gasteiger partial charge in [-0.3, -0.25) is 4.79 Å². The minimum absolute atomic E-state index is 0.0794. The van der Waals surface area contributed by atoms with Crippen LogP contribution >= 0.6 is 0 Å². The molecule has 0 radical (unpaired) electrons. The number of halogens is 2. The molecule has 0 unspecified atom stereocenters. The molecule has 2 rings (SSSR count). The number of aromatic nitrogens is 4. The highest BCUT2D eigenvalue weighted by Gasteiger charge is 2.16. The van der Waals surface area contributed by atoms with E-state index >= 15 is 0 Å². The first-order valence-electron chi connectivity index (χ1n) is 5.58. The molecule has 1 amide bonds. The Hall–Kier alpha value is -2.38. The van der Waals surface area contributed by atoms with Gasteiger partial charge in [0.25, 0.3) is 5.91 Å². The number of carbonyl (C=O) groups excluding carboxylic acids is 1. The number of aryl methyl sites for hydroxylation is 1. The molecule has 1 N–H and O–H groups in total. The van der Waals surface area contributed by atoms with E-state index in [-0.39, 0.29) is 6.54 Å². The predicted molar refractivity (Wildman–Crippen MR) is 61.0 cm³/mol. The topological polar surface area (TPSA) is 72.7 Å². The van der Waals surface area contributed by atoms with Crippen LogP contribution in [0.15, 0.2) is 18.6 Å². The van der Waals surface area contributed by atoms with Crippen LogP contribution in [0.2, 0.25) is 0 Å². The normalized spacial score (nSPS) is 10.5. The number of rotatable bonds is 4. The average Bonchev–Trinajstić information content (AvgIpc) is 2.86. The molecule has 0 spiro atoms. The van der Waals surface area contributed by atoms with Gasteiger partial charge in [-0.1, -0.05) is 0 Å². The van der Waals surface area contributed by atoms with Gasteiger partial charge in [0.1, 0.15) is 6.33 Å². The summed E-state index contributed by atoms with van der Waals surface area (Å²) in [5.74, 6) is -2.77. The zero-order valence-corrected chi connectivity index (χ0v) is 10.1. The highest BCUT2D eigenvalue weighted by atomic mass is 19.2. The van der Waals surface area contributed by atoms with Crippen molar-refractivity contribution in [2.24, 2.45) is 0 Å². The lowest BCUT2D eigenvalue weighted by molar-refractivity contribution is 0.0944. The number of hydrogen-bond donors (Lipinski definition) is 1. The molecule has 0 aliphatic carbocycles. The quantitative estimate of drug-likeness (QED) is 0.835. The predicted octanol–water partition coefficient (Wildman–Crippen LogP) is 0.901. The lowest BCUT2D eigenvalue weighted by Gasteiger charge is -2.06. The summed E-state index contributed by atoms with van der Waals surface area (Å²) in [5, 5.41) is 9.95.